The number of hydrogen-bond donors (Lipinski definition) is 7. The van der Waals surface area contributed by atoms with Crippen LogP contribution in [0.4, 0.5) is 11.5 Å². The number of non-ortho nitro benzene ring substituents is 1. The molecule has 0 amide bonds. The second-order valence-electron chi connectivity index (χ2n) is 8.36. The summed E-state index contributed by atoms with van der Waals surface area (Å²) in [5, 5.41) is 34.7. The lowest BCUT2D eigenvalue weighted by Crippen LogP contribution is -2.67. The number of aliphatic hydroxyl groups is 2. The molecule has 4 rings (SSSR count). The summed E-state index contributed by atoms with van der Waals surface area (Å²) in [5.74, 6) is -0.211. The zero-order valence-corrected chi connectivity index (χ0v) is 22.1. The normalized spacial score (nSPS) is 30.6. The first-order chi connectivity index (χ1) is 18.3. The standard InChI is InChI=1S/C17H19N4O16P3/c18-13-5-8-20(14(22)19-13)16-7-6-15(16,23)17(24,10-1-3-11(4-2-10)21(25)26)12(35-16)9-34-39(30,31)37-40(32,33)36-38(27,28)29/h1-8,12,23-24H,9H2,(H,30,31)(H,32,33)(H2,18,19,22)(H2,27,28,29)/t12-,15+,16-,17-/m1/s1. The molecule has 1 aromatic carbocycles. The van der Waals surface area contributed by atoms with Crippen LogP contribution in [-0.4, -0.2) is 62.6 Å². The highest BCUT2D eigenvalue weighted by Gasteiger charge is 2.77. The van der Waals surface area contributed by atoms with E-state index in [-0.39, 0.29) is 11.4 Å². The zero-order chi connectivity index (χ0) is 29.9. The predicted octanol–water partition coefficient (Wildman–Crippen LogP) is -0.683. The van der Waals surface area contributed by atoms with Gasteiger partial charge in [-0.1, -0.05) is 0 Å². The molecule has 0 bridgehead atoms. The molecule has 1 fully saturated rings. The molecule has 20 nitrogen and oxygen atoms in total. The van der Waals surface area contributed by atoms with Gasteiger partial charge in [0.05, 0.1) is 11.5 Å². The molecule has 1 aromatic heterocycles. The maximum Gasteiger partial charge on any atom is 0.490 e. The van der Waals surface area contributed by atoms with E-state index in [2.05, 4.69) is 18.1 Å². The van der Waals surface area contributed by atoms with Gasteiger partial charge in [0.25, 0.3) is 5.69 Å². The number of phosphoric ester groups is 1. The fraction of sp³-hybridized carbons (Fsp3) is 0.294. The minimum atomic E-state index is -5.90. The Morgan fingerprint density at radius 3 is 2.17 bits per heavy atom. The molecule has 1 aliphatic heterocycles. The second-order valence-corrected chi connectivity index (χ2v) is 12.8. The number of nitrogen functional groups attached to an aromatic ring is 1. The Bertz CT molecular complexity index is 1590. The summed E-state index contributed by atoms with van der Waals surface area (Å²) in [6.07, 6.45) is 1.22. The molecule has 8 N–H and O–H groups in total. The number of hydrogen-bond acceptors (Lipinski definition) is 14. The molecule has 2 unspecified atom stereocenters. The van der Waals surface area contributed by atoms with Gasteiger partial charge in [-0.25, -0.2) is 18.5 Å². The number of nitro benzene ring substituents is 1. The van der Waals surface area contributed by atoms with E-state index in [1.807, 2.05) is 0 Å². The van der Waals surface area contributed by atoms with Gasteiger partial charge in [0.1, 0.15) is 11.9 Å². The van der Waals surface area contributed by atoms with Crippen LogP contribution in [0.1, 0.15) is 5.56 Å². The maximum atomic E-state index is 12.6. The third kappa shape index (κ3) is 5.10. The van der Waals surface area contributed by atoms with Crippen molar-refractivity contribution in [3.05, 3.63) is 74.8 Å². The van der Waals surface area contributed by atoms with Crippen molar-refractivity contribution in [1.29, 1.82) is 0 Å². The van der Waals surface area contributed by atoms with Crippen molar-refractivity contribution in [2.75, 3.05) is 12.3 Å². The third-order valence-electron chi connectivity index (χ3n) is 5.97. The highest BCUT2D eigenvalue weighted by atomic mass is 31.3. The molecule has 0 radical (unpaired) electrons. The van der Waals surface area contributed by atoms with E-state index in [0.717, 1.165) is 53.2 Å². The highest BCUT2D eigenvalue weighted by molar-refractivity contribution is 7.66. The number of benzene rings is 1. The zero-order valence-electron chi connectivity index (χ0n) is 19.4. The van der Waals surface area contributed by atoms with Crippen molar-refractivity contribution in [2.45, 2.75) is 23.0 Å². The number of nitrogens with two attached hydrogens (primary N) is 1. The van der Waals surface area contributed by atoms with E-state index in [0.29, 0.717) is 0 Å². The van der Waals surface area contributed by atoms with Crippen LogP contribution in [-0.2, 0) is 42.9 Å². The number of nitro groups is 1. The van der Waals surface area contributed by atoms with E-state index < -0.39 is 69.4 Å². The Morgan fingerprint density at radius 1 is 1.05 bits per heavy atom. The summed E-state index contributed by atoms with van der Waals surface area (Å²) in [6, 6.07) is 5.09. The minimum absolute atomic E-state index is 0.211. The first kappa shape index (κ1) is 30.3. The Balaban J connectivity index is 1.74. The van der Waals surface area contributed by atoms with Gasteiger partial charge < -0.3 is 40.3 Å². The quantitative estimate of drug-likeness (QED) is 0.0741. The monoisotopic (exact) mass is 628 g/mol. The van der Waals surface area contributed by atoms with Crippen LogP contribution in [0.5, 0.6) is 0 Å². The molecule has 0 saturated carbocycles. The summed E-state index contributed by atoms with van der Waals surface area (Å²) < 4.78 is 53.2. The molecule has 218 valence electrons. The molecule has 1 saturated heterocycles. The average molecular weight is 628 g/mol. The van der Waals surface area contributed by atoms with E-state index >= 15 is 0 Å². The molecule has 1 aliphatic carbocycles. The molecule has 6 atom stereocenters. The number of rotatable bonds is 10. The van der Waals surface area contributed by atoms with Crippen LogP contribution in [0.3, 0.4) is 0 Å². The first-order valence-corrected chi connectivity index (χ1v) is 15.0. The number of fused-ring (bicyclic) bond motifs is 1. The highest BCUT2D eigenvalue weighted by Crippen LogP contribution is 2.67. The first-order valence-electron chi connectivity index (χ1n) is 10.5. The topological polar surface area (TPSA) is 314 Å². The molecule has 2 aliphatic rings. The van der Waals surface area contributed by atoms with Crippen molar-refractivity contribution in [1.82, 2.24) is 9.55 Å². The summed E-state index contributed by atoms with van der Waals surface area (Å²) in [6.45, 7) is -1.26. The van der Waals surface area contributed by atoms with Crippen molar-refractivity contribution < 1.29 is 66.3 Å². The van der Waals surface area contributed by atoms with Crippen LogP contribution in [0.15, 0.2) is 53.5 Å². The largest absolute Gasteiger partial charge is 0.490 e. The van der Waals surface area contributed by atoms with Gasteiger partial charge in [-0.15, -0.1) is 0 Å². The number of phosphoric acid groups is 3. The third-order valence-corrected chi connectivity index (χ3v) is 9.77. The van der Waals surface area contributed by atoms with Crippen molar-refractivity contribution in [2.24, 2.45) is 0 Å². The summed E-state index contributed by atoms with van der Waals surface area (Å²) in [7, 11) is -17.3. The summed E-state index contributed by atoms with van der Waals surface area (Å²) in [5.41, 5.74) is -3.82. The van der Waals surface area contributed by atoms with Gasteiger partial charge in [0, 0.05) is 18.3 Å². The van der Waals surface area contributed by atoms with Crippen LogP contribution >= 0.6 is 23.5 Å². The fourth-order valence-electron chi connectivity index (χ4n) is 4.31. The number of aromatic nitrogens is 2. The van der Waals surface area contributed by atoms with Crippen LogP contribution in [0, 0.1) is 10.1 Å². The molecule has 2 aromatic rings. The Kier molecular flexibility index (Phi) is 7.36. The predicted molar refractivity (Wildman–Crippen MR) is 127 cm³/mol. The Labute approximate surface area is 221 Å². The molecule has 23 heteroatoms. The van der Waals surface area contributed by atoms with Crippen LogP contribution < -0.4 is 11.4 Å². The van der Waals surface area contributed by atoms with Gasteiger partial charge in [-0.2, -0.15) is 13.6 Å². The summed E-state index contributed by atoms with van der Waals surface area (Å²) >= 11 is 0. The van der Waals surface area contributed by atoms with E-state index in [4.69, 9.17) is 20.3 Å². The smallest absolute Gasteiger partial charge is 0.383 e. The van der Waals surface area contributed by atoms with Crippen LogP contribution in [0.2, 0.25) is 0 Å². The maximum absolute atomic E-state index is 12.6. The van der Waals surface area contributed by atoms with Gasteiger partial charge in [-0.3, -0.25) is 19.2 Å². The number of nitrogens with zero attached hydrogens (tertiary/aromatic N) is 3. The van der Waals surface area contributed by atoms with Gasteiger partial charge in [-0.05, 0) is 35.9 Å². The lowest BCUT2D eigenvalue weighted by molar-refractivity contribution is -0.384. The molecule has 40 heavy (non-hydrogen) atoms. The molecular weight excluding hydrogens is 609 g/mol. The fourth-order valence-corrected chi connectivity index (χ4v) is 7.33. The lowest BCUT2D eigenvalue weighted by atomic mass is 9.65. The molecule has 2 heterocycles. The van der Waals surface area contributed by atoms with Crippen molar-refractivity contribution in [3.63, 3.8) is 0 Å². The molecule has 0 spiro atoms. The van der Waals surface area contributed by atoms with Crippen LogP contribution in [0.25, 0.3) is 0 Å². The number of anilines is 1. The minimum Gasteiger partial charge on any atom is -0.383 e. The number of ether oxygens (including phenoxy) is 1. The Morgan fingerprint density at radius 2 is 1.68 bits per heavy atom. The van der Waals surface area contributed by atoms with Gasteiger partial charge in [0.15, 0.2) is 11.2 Å². The van der Waals surface area contributed by atoms with E-state index in [1.54, 1.807) is 0 Å². The average Bonchev–Trinajstić information content (AvgIpc) is 2.92. The SMILES string of the molecule is Nc1ccn([C@@]23C=C[C@@]2(O)[C@@](O)(c2ccc([N+](=O)[O-])cc2)[C@@H](COP(=O)(O)OP(=O)(O)OP(=O)(O)O)O3)c(=O)n1. The van der Waals surface area contributed by atoms with E-state index in [9.17, 15) is 48.6 Å². The van der Waals surface area contributed by atoms with E-state index in [1.165, 1.54) is 0 Å². The second kappa shape index (κ2) is 9.71. The summed E-state index contributed by atoms with van der Waals surface area (Å²) in [4.78, 5) is 63.1. The lowest BCUT2D eigenvalue weighted by Gasteiger charge is -2.49. The Hall–Kier alpha value is -2.67. The molecular formula is C17H19N4O16P3. The van der Waals surface area contributed by atoms with Crippen molar-refractivity contribution >= 4 is 35.0 Å². The van der Waals surface area contributed by atoms with Gasteiger partial charge in [0.2, 0.25) is 5.72 Å². The van der Waals surface area contributed by atoms with Gasteiger partial charge >= 0.3 is 29.2 Å². The van der Waals surface area contributed by atoms with Crippen molar-refractivity contribution in [3.8, 4) is 0 Å².